The molecule has 1 aromatic rings. The summed E-state index contributed by atoms with van der Waals surface area (Å²) < 4.78 is 0. The molecule has 3 nitrogen and oxygen atoms in total. The highest BCUT2D eigenvalue weighted by atomic mass is 79.9. The van der Waals surface area contributed by atoms with Gasteiger partial charge in [0.25, 0.3) is 5.17 Å². The van der Waals surface area contributed by atoms with E-state index in [1.807, 2.05) is 41.1 Å². The van der Waals surface area contributed by atoms with Gasteiger partial charge in [0.05, 0.1) is 0 Å². The number of thioether (sulfide) groups is 1. The third-order valence-electron chi connectivity index (χ3n) is 2.10. The number of nitrogens with zero attached hydrogens (tertiary/aromatic N) is 1. The van der Waals surface area contributed by atoms with Gasteiger partial charge in [-0.25, -0.2) is 4.99 Å². The first-order valence-corrected chi connectivity index (χ1v) is 5.47. The first kappa shape index (κ1) is 13.2. The Kier molecular flexibility index (Phi) is 4.92. The molecule has 0 saturated carbocycles. The minimum absolute atomic E-state index is 0. The lowest BCUT2D eigenvalue weighted by atomic mass is 10.1. The second-order valence-electron chi connectivity index (χ2n) is 3.09. The first-order chi connectivity index (χ1) is 7.31. The van der Waals surface area contributed by atoms with Crippen molar-refractivity contribution < 1.29 is 27.1 Å². The molecule has 0 amide bonds. The molecule has 0 bridgehead atoms. The monoisotopic (exact) mass is 298 g/mol. The molecule has 0 aromatic heterocycles. The number of quaternary nitrogens is 1. The molecule has 5 heteroatoms. The summed E-state index contributed by atoms with van der Waals surface area (Å²) in [5.41, 5.74) is 1.43. The van der Waals surface area contributed by atoms with Crippen LogP contribution in [0.2, 0.25) is 0 Å². The van der Waals surface area contributed by atoms with Crippen LogP contribution in [0.25, 0.3) is 0 Å². The van der Waals surface area contributed by atoms with Gasteiger partial charge < -0.3 is 17.0 Å². The van der Waals surface area contributed by atoms with E-state index in [1.54, 1.807) is 7.05 Å². The van der Waals surface area contributed by atoms with E-state index in [4.69, 9.17) is 0 Å². The fourth-order valence-electron chi connectivity index (χ4n) is 1.32. The zero-order valence-electron chi connectivity index (χ0n) is 8.68. The second-order valence-corrected chi connectivity index (χ2v) is 3.98. The van der Waals surface area contributed by atoms with E-state index >= 15 is 0 Å². The van der Waals surface area contributed by atoms with E-state index in [9.17, 15) is 4.79 Å². The summed E-state index contributed by atoms with van der Waals surface area (Å²) in [5, 5.41) is 4.55. The molecular weight excluding hydrogens is 288 g/mol. The summed E-state index contributed by atoms with van der Waals surface area (Å²) in [5.74, 6) is 0.0572. The quantitative estimate of drug-likeness (QED) is 0.643. The van der Waals surface area contributed by atoms with E-state index in [0.29, 0.717) is 5.70 Å². The largest absolute Gasteiger partial charge is 1.00 e. The van der Waals surface area contributed by atoms with Crippen molar-refractivity contribution in [3.63, 3.8) is 0 Å². The number of carbonyl (C=O) groups is 1. The topological polar surface area (TPSA) is 46.0 Å². The van der Waals surface area contributed by atoms with Gasteiger partial charge in [-0.3, -0.25) is 10.1 Å². The third-order valence-corrected chi connectivity index (χ3v) is 3.02. The summed E-state index contributed by atoms with van der Waals surface area (Å²) in [7, 11) is 1.72. The number of allylic oxidation sites excluding steroid dienone is 1. The number of nitrogens with two attached hydrogens (primary N) is 1. The Morgan fingerprint density at radius 2 is 2.00 bits per heavy atom. The molecule has 16 heavy (non-hydrogen) atoms. The number of halogens is 1. The fourth-order valence-corrected chi connectivity index (χ4v) is 2.04. The Labute approximate surface area is 109 Å². The predicted molar refractivity (Wildman–Crippen MR) is 61.7 cm³/mol. The Morgan fingerprint density at radius 3 is 2.56 bits per heavy atom. The molecule has 84 valence electrons. The van der Waals surface area contributed by atoms with Crippen molar-refractivity contribution in [2.45, 2.75) is 0 Å². The molecule has 0 spiro atoms. The van der Waals surface area contributed by atoms with Crippen LogP contribution in [0.1, 0.15) is 10.4 Å². The number of aliphatic imine (C=N–C) groups is 1. The molecule has 1 heterocycles. The Hall–Kier alpha value is -0.910. The molecular formula is C11H11BrN2OS. The fraction of sp³-hybridized carbons (Fsp3) is 0.0909. The lowest BCUT2D eigenvalue weighted by Crippen LogP contribution is -3.00. The molecule has 1 aliphatic heterocycles. The minimum atomic E-state index is 0. The lowest BCUT2D eigenvalue weighted by molar-refractivity contribution is -0.467. The Bertz CT molecular complexity index is 443. The number of benzene rings is 1. The van der Waals surface area contributed by atoms with Crippen LogP contribution in [0.15, 0.2) is 46.4 Å². The standard InChI is InChI=1S/C11H10N2OS.BrH/c1-12-11-13-9(7-15-11)10(14)8-5-3-2-4-6-8;/h2-7H,1H3,(H,12,13);1H. The molecule has 0 unspecified atom stereocenters. The molecule has 0 atom stereocenters. The van der Waals surface area contributed by atoms with Crippen LogP contribution in [-0.4, -0.2) is 18.0 Å². The van der Waals surface area contributed by atoms with E-state index in [2.05, 4.69) is 4.99 Å². The normalized spacial score (nSPS) is 16.8. The molecule has 1 aromatic carbocycles. The maximum Gasteiger partial charge on any atom is 0.265 e. The van der Waals surface area contributed by atoms with E-state index in [0.717, 1.165) is 10.7 Å². The zero-order valence-corrected chi connectivity index (χ0v) is 11.1. The van der Waals surface area contributed by atoms with Gasteiger partial charge in [-0.1, -0.05) is 30.3 Å². The highest BCUT2D eigenvalue weighted by molar-refractivity contribution is 8.16. The van der Waals surface area contributed by atoms with Crippen molar-refractivity contribution in [2.75, 3.05) is 7.05 Å². The third kappa shape index (κ3) is 2.81. The van der Waals surface area contributed by atoms with Gasteiger partial charge in [-0.2, -0.15) is 0 Å². The van der Waals surface area contributed by atoms with E-state index in [-0.39, 0.29) is 22.8 Å². The first-order valence-electron chi connectivity index (χ1n) is 4.59. The highest BCUT2D eigenvalue weighted by Crippen LogP contribution is 2.13. The van der Waals surface area contributed by atoms with Crippen molar-refractivity contribution in [1.29, 1.82) is 0 Å². The molecule has 2 N–H and O–H groups in total. The molecule has 2 rings (SSSR count). The van der Waals surface area contributed by atoms with Crippen LogP contribution in [-0.2, 0) is 0 Å². The van der Waals surface area contributed by atoms with Crippen LogP contribution in [0, 0.1) is 0 Å². The molecule has 0 radical (unpaired) electrons. The van der Waals surface area contributed by atoms with Crippen LogP contribution in [0.5, 0.6) is 0 Å². The number of ketones is 1. The van der Waals surface area contributed by atoms with Crippen molar-refractivity contribution >= 4 is 22.7 Å². The lowest BCUT2D eigenvalue weighted by Gasteiger charge is -1.97. The maximum absolute atomic E-state index is 11.9. The van der Waals surface area contributed by atoms with E-state index < -0.39 is 0 Å². The Balaban J connectivity index is 0.00000128. The van der Waals surface area contributed by atoms with Crippen molar-refractivity contribution in [3.05, 3.63) is 47.0 Å². The van der Waals surface area contributed by atoms with Gasteiger partial charge in [0.1, 0.15) is 0 Å². The van der Waals surface area contributed by atoms with Crippen LogP contribution < -0.4 is 22.3 Å². The zero-order chi connectivity index (χ0) is 10.7. The van der Waals surface area contributed by atoms with Crippen molar-refractivity contribution in [1.82, 2.24) is 0 Å². The number of hydrogen-bond donors (Lipinski definition) is 1. The van der Waals surface area contributed by atoms with Crippen molar-refractivity contribution in [3.8, 4) is 0 Å². The van der Waals surface area contributed by atoms with Gasteiger partial charge in [-0.15, -0.1) is 0 Å². The number of amidine groups is 1. The summed E-state index contributed by atoms with van der Waals surface area (Å²) in [4.78, 5) is 16.0. The van der Waals surface area contributed by atoms with Gasteiger partial charge in [0, 0.05) is 18.0 Å². The summed E-state index contributed by atoms with van der Waals surface area (Å²) in [6, 6.07) is 9.28. The summed E-state index contributed by atoms with van der Waals surface area (Å²) in [6.07, 6.45) is 0. The average molecular weight is 299 g/mol. The average Bonchev–Trinajstić information content (AvgIpc) is 2.78. The maximum atomic E-state index is 11.9. The summed E-state index contributed by atoms with van der Waals surface area (Å²) >= 11 is 1.49. The van der Waals surface area contributed by atoms with E-state index in [1.165, 1.54) is 11.8 Å². The number of Topliss-reactive ketones (excluding diaryl/α,β-unsaturated/α-hetero) is 1. The van der Waals surface area contributed by atoms with Crippen LogP contribution >= 0.6 is 11.8 Å². The second kappa shape index (κ2) is 5.98. The van der Waals surface area contributed by atoms with Gasteiger partial charge in [0.2, 0.25) is 5.78 Å². The molecule has 0 aliphatic carbocycles. The SMILES string of the molecule is CN=C1[NH2+]C(C(=O)c2ccccc2)=CS1.[Br-]. The smallest absolute Gasteiger partial charge is 0.265 e. The van der Waals surface area contributed by atoms with Gasteiger partial charge in [-0.05, 0) is 11.8 Å². The van der Waals surface area contributed by atoms with Crippen LogP contribution in [0.3, 0.4) is 0 Å². The van der Waals surface area contributed by atoms with Gasteiger partial charge >= 0.3 is 0 Å². The van der Waals surface area contributed by atoms with Crippen LogP contribution in [0.4, 0.5) is 0 Å². The number of hydrogen-bond acceptors (Lipinski definition) is 3. The summed E-state index contributed by atoms with van der Waals surface area (Å²) in [6.45, 7) is 0. The molecule has 0 fully saturated rings. The highest BCUT2D eigenvalue weighted by Gasteiger charge is 2.24. The minimum Gasteiger partial charge on any atom is -1.00 e. The molecule has 1 aliphatic rings. The predicted octanol–water partition coefficient (Wildman–Crippen LogP) is -1.99. The molecule has 0 saturated heterocycles. The number of carbonyl (C=O) groups excluding carboxylic acids is 1. The Morgan fingerprint density at radius 1 is 1.31 bits per heavy atom. The van der Waals surface area contributed by atoms with Gasteiger partial charge in [0.15, 0.2) is 5.70 Å². The number of rotatable bonds is 2. The van der Waals surface area contributed by atoms with Crippen molar-refractivity contribution in [2.24, 2.45) is 4.99 Å².